The quantitative estimate of drug-likeness (QED) is 0.560. The number of amides is 1. The van der Waals surface area contributed by atoms with Gasteiger partial charge in [0.15, 0.2) is 0 Å². The number of nitrogens with zero attached hydrogens (tertiary/aromatic N) is 1. The van der Waals surface area contributed by atoms with E-state index in [1.807, 2.05) is 12.1 Å². The second-order valence-corrected chi connectivity index (χ2v) is 8.57. The van der Waals surface area contributed by atoms with Crippen LogP contribution in [0.5, 0.6) is 5.75 Å². The van der Waals surface area contributed by atoms with Gasteiger partial charge in [-0.15, -0.1) is 0 Å². The van der Waals surface area contributed by atoms with Crippen LogP contribution in [0.1, 0.15) is 22.4 Å². The monoisotopic (exact) mass is 477 g/mol. The Labute approximate surface area is 199 Å². The van der Waals surface area contributed by atoms with Crippen LogP contribution in [0.4, 0.5) is 5.69 Å². The number of carbonyl (C=O) groups is 2. The summed E-state index contributed by atoms with van der Waals surface area (Å²) in [4.78, 5) is 45.0. The first-order chi connectivity index (χ1) is 16.3. The van der Waals surface area contributed by atoms with E-state index in [0.717, 1.165) is 5.56 Å². The topological polar surface area (TPSA) is 115 Å². The number of aryl methyl sites for hydroxylation is 1. The molecule has 2 aliphatic rings. The Bertz CT molecular complexity index is 1440. The van der Waals surface area contributed by atoms with Gasteiger partial charge in [0.05, 0.1) is 19.2 Å². The minimum atomic E-state index is -1.84. The number of ether oxygens (including phenoxy) is 2. The van der Waals surface area contributed by atoms with E-state index < -0.39 is 22.9 Å². The minimum Gasteiger partial charge on any atom is -0.465 e. The molecule has 0 bridgehead atoms. The second kappa shape index (κ2) is 7.78. The molecule has 172 valence electrons. The van der Waals surface area contributed by atoms with E-state index in [2.05, 4.69) is 4.98 Å². The molecule has 0 saturated heterocycles. The van der Waals surface area contributed by atoms with E-state index in [1.165, 1.54) is 12.0 Å². The zero-order valence-corrected chi connectivity index (χ0v) is 19.1. The molecule has 5 rings (SSSR count). The van der Waals surface area contributed by atoms with Crippen LogP contribution in [0.2, 0.25) is 5.02 Å². The van der Waals surface area contributed by atoms with Crippen LogP contribution in [0.15, 0.2) is 70.8 Å². The van der Waals surface area contributed by atoms with Gasteiger partial charge in [-0.2, -0.15) is 0 Å². The Morgan fingerprint density at radius 2 is 1.88 bits per heavy atom. The highest BCUT2D eigenvalue weighted by molar-refractivity contribution is 6.30. The van der Waals surface area contributed by atoms with Gasteiger partial charge in [-0.1, -0.05) is 41.9 Å². The van der Waals surface area contributed by atoms with Gasteiger partial charge in [0.25, 0.3) is 5.56 Å². The number of H-pyrrole nitrogens is 1. The lowest BCUT2D eigenvalue weighted by atomic mass is 9.68. The molecule has 0 radical (unpaired) electrons. The van der Waals surface area contributed by atoms with Gasteiger partial charge in [-0.05, 0) is 30.7 Å². The maximum Gasteiger partial charge on any atom is 0.340 e. The van der Waals surface area contributed by atoms with Crippen molar-refractivity contribution in [3.63, 3.8) is 0 Å². The van der Waals surface area contributed by atoms with Gasteiger partial charge < -0.3 is 25.1 Å². The highest BCUT2D eigenvalue weighted by Crippen LogP contribution is 2.54. The molecular weight excluding hydrogens is 458 g/mol. The van der Waals surface area contributed by atoms with Crippen molar-refractivity contribution in [2.45, 2.75) is 18.9 Å². The van der Waals surface area contributed by atoms with E-state index in [4.69, 9.17) is 26.8 Å². The molecule has 0 saturated carbocycles. The summed E-state index contributed by atoms with van der Waals surface area (Å²) in [5.41, 5.74) is 5.90. The van der Waals surface area contributed by atoms with Gasteiger partial charge in [-0.3, -0.25) is 9.59 Å². The summed E-state index contributed by atoms with van der Waals surface area (Å²) in [7, 11) is 1.18. The van der Waals surface area contributed by atoms with E-state index in [1.54, 1.807) is 49.4 Å². The fourth-order valence-electron chi connectivity index (χ4n) is 4.79. The zero-order valence-electron chi connectivity index (χ0n) is 18.3. The molecule has 9 heteroatoms. The molecule has 0 unspecified atom stereocenters. The van der Waals surface area contributed by atoms with E-state index in [0.29, 0.717) is 22.0 Å². The normalized spacial score (nSPS) is 18.6. The van der Waals surface area contributed by atoms with Crippen LogP contribution in [-0.2, 0) is 26.3 Å². The van der Waals surface area contributed by atoms with Crippen molar-refractivity contribution < 1.29 is 19.1 Å². The first-order valence-electron chi connectivity index (χ1n) is 10.5. The van der Waals surface area contributed by atoms with Crippen molar-refractivity contribution in [1.29, 1.82) is 0 Å². The molecule has 1 atom stereocenters. The Kier molecular flexibility index (Phi) is 4.98. The molecular formula is C25H20ClN3O5. The van der Waals surface area contributed by atoms with E-state index >= 15 is 0 Å². The largest absolute Gasteiger partial charge is 0.465 e. The van der Waals surface area contributed by atoms with Crippen LogP contribution in [-0.4, -0.2) is 24.0 Å². The highest BCUT2D eigenvalue weighted by atomic mass is 35.5. The first kappa shape index (κ1) is 21.8. The number of nitrogens with one attached hydrogen (secondary N) is 1. The van der Waals surface area contributed by atoms with Crippen molar-refractivity contribution in [3.8, 4) is 5.75 Å². The van der Waals surface area contributed by atoms with Crippen LogP contribution < -0.4 is 20.9 Å². The van der Waals surface area contributed by atoms with Crippen LogP contribution in [0, 0.1) is 6.92 Å². The second-order valence-electron chi connectivity index (χ2n) is 8.14. The Morgan fingerprint density at radius 3 is 2.59 bits per heavy atom. The Morgan fingerprint density at radius 1 is 1.18 bits per heavy atom. The zero-order chi connectivity index (χ0) is 24.2. The summed E-state index contributed by atoms with van der Waals surface area (Å²) in [5, 5.41) is 0.567. The standard InChI is InChI=1S/C25H20ClN3O5/c1-13-11-18-19(22(30)28-13)25(20(21(27)34-18)23(31)33-2)16-5-3-4-6-17(16)29(24(25)32)12-14-7-9-15(26)10-8-14/h3-11H,12,27H2,1-2H3,(H,28,30)/t25-/m0/s1. The summed E-state index contributed by atoms with van der Waals surface area (Å²) in [6.07, 6.45) is 0. The van der Waals surface area contributed by atoms with Gasteiger partial charge in [0.1, 0.15) is 16.7 Å². The third-order valence-electron chi connectivity index (χ3n) is 6.16. The number of anilines is 1. The number of rotatable bonds is 3. The fourth-order valence-corrected chi connectivity index (χ4v) is 4.92. The highest BCUT2D eigenvalue weighted by Gasteiger charge is 2.62. The molecule has 34 heavy (non-hydrogen) atoms. The number of benzene rings is 2. The molecule has 8 nitrogen and oxygen atoms in total. The first-order valence-corrected chi connectivity index (χ1v) is 10.8. The number of aromatic amines is 1. The van der Waals surface area contributed by atoms with Crippen LogP contribution in [0.3, 0.4) is 0 Å². The summed E-state index contributed by atoms with van der Waals surface area (Å²) in [5.74, 6) is -1.55. The number of pyridine rings is 1. The average Bonchev–Trinajstić information content (AvgIpc) is 3.03. The number of carbonyl (C=O) groups excluding carboxylic acids is 2. The van der Waals surface area contributed by atoms with Crippen molar-refractivity contribution in [2.24, 2.45) is 5.73 Å². The van der Waals surface area contributed by atoms with Crippen molar-refractivity contribution in [1.82, 2.24) is 4.98 Å². The lowest BCUT2D eigenvalue weighted by molar-refractivity contribution is -0.138. The third kappa shape index (κ3) is 2.95. The molecule has 0 aliphatic carbocycles. The predicted octanol–water partition coefficient (Wildman–Crippen LogP) is 2.91. The van der Waals surface area contributed by atoms with Crippen LogP contribution in [0.25, 0.3) is 0 Å². The number of hydrogen-bond acceptors (Lipinski definition) is 6. The molecule has 3 aromatic rings. The number of esters is 1. The number of aromatic nitrogens is 1. The number of nitrogens with two attached hydrogens (primary N) is 1. The van der Waals surface area contributed by atoms with Gasteiger partial charge in [-0.25, -0.2) is 4.79 Å². The van der Waals surface area contributed by atoms with Gasteiger partial charge in [0, 0.05) is 28.0 Å². The SMILES string of the molecule is COC(=O)C1=C(N)Oc2cc(C)[nH]c(=O)c2[C@]12C(=O)N(Cc1ccc(Cl)cc1)c1ccccc12. The predicted molar refractivity (Wildman–Crippen MR) is 126 cm³/mol. The molecule has 1 spiro atoms. The maximum absolute atomic E-state index is 14.4. The molecule has 0 fully saturated rings. The minimum absolute atomic E-state index is 0.0104. The average molecular weight is 478 g/mol. The maximum atomic E-state index is 14.4. The lowest BCUT2D eigenvalue weighted by Gasteiger charge is -2.35. The summed E-state index contributed by atoms with van der Waals surface area (Å²) in [6, 6.07) is 15.7. The fraction of sp³-hybridized carbons (Fsp3) is 0.160. The van der Waals surface area contributed by atoms with Crippen molar-refractivity contribution >= 4 is 29.2 Å². The van der Waals surface area contributed by atoms with E-state index in [-0.39, 0.29) is 29.3 Å². The molecule has 2 aliphatic heterocycles. The van der Waals surface area contributed by atoms with Crippen molar-refractivity contribution in [3.05, 3.63) is 104 Å². The Hall–Kier alpha value is -4.04. The Balaban J connectivity index is 1.83. The van der Waals surface area contributed by atoms with Gasteiger partial charge >= 0.3 is 5.97 Å². The molecule has 1 amide bonds. The van der Waals surface area contributed by atoms with E-state index in [9.17, 15) is 14.4 Å². The number of halogens is 1. The number of para-hydroxylation sites is 1. The summed E-state index contributed by atoms with van der Waals surface area (Å²) >= 11 is 6.02. The smallest absolute Gasteiger partial charge is 0.340 e. The van der Waals surface area contributed by atoms with Crippen molar-refractivity contribution in [2.75, 3.05) is 12.0 Å². The molecule has 1 aromatic heterocycles. The molecule has 3 N–H and O–H groups in total. The summed E-state index contributed by atoms with van der Waals surface area (Å²) in [6.45, 7) is 1.87. The lowest BCUT2D eigenvalue weighted by Crippen LogP contribution is -2.51. The number of fused-ring (bicyclic) bond motifs is 4. The molecule has 2 aromatic carbocycles. The van der Waals surface area contributed by atoms with Gasteiger partial charge in [0.2, 0.25) is 11.8 Å². The number of hydrogen-bond donors (Lipinski definition) is 2. The van der Waals surface area contributed by atoms with Crippen LogP contribution >= 0.6 is 11.6 Å². The number of methoxy groups -OCH3 is 1. The summed E-state index contributed by atoms with van der Waals surface area (Å²) < 4.78 is 10.7. The third-order valence-corrected chi connectivity index (χ3v) is 6.41. The molecule has 3 heterocycles.